The highest BCUT2D eigenvalue weighted by atomic mass is 16.4. The molecule has 0 aliphatic heterocycles. The van der Waals surface area contributed by atoms with E-state index < -0.39 is 54.5 Å². The normalized spacial score (nSPS) is 14.0. The third kappa shape index (κ3) is 9.13. The molecule has 12 heteroatoms. The minimum atomic E-state index is -1.56. The molecular weight excluding hydrogens is 528 g/mol. The number of aromatic nitrogens is 1. The smallest absolute Gasteiger partial charge is 0.328 e. The van der Waals surface area contributed by atoms with Gasteiger partial charge in [0.1, 0.15) is 18.1 Å². The highest BCUT2D eigenvalue weighted by Gasteiger charge is 2.31. The quantitative estimate of drug-likeness (QED) is 0.110. The molecule has 3 amide bonds. The van der Waals surface area contributed by atoms with E-state index in [9.17, 15) is 29.4 Å². The lowest BCUT2D eigenvalue weighted by Gasteiger charge is -2.25. The van der Waals surface area contributed by atoms with Gasteiger partial charge in [-0.2, -0.15) is 0 Å². The van der Waals surface area contributed by atoms with Crippen LogP contribution >= 0.6 is 0 Å². The van der Waals surface area contributed by atoms with Crippen LogP contribution in [-0.2, 0) is 32.0 Å². The summed E-state index contributed by atoms with van der Waals surface area (Å²) in [7, 11) is 0. The minimum absolute atomic E-state index is 0.0178. The number of nitrogens with two attached hydrogens (primary N) is 2. The van der Waals surface area contributed by atoms with Crippen molar-refractivity contribution >= 4 is 34.6 Å². The van der Waals surface area contributed by atoms with Crippen LogP contribution in [0.1, 0.15) is 30.4 Å². The molecular formula is C29H38N6O6. The van der Waals surface area contributed by atoms with E-state index in [1.54, 1.807) is 18.3 Å². The number of aliphatic carboxylic acids is 1. The second-order valence-electron chi connectivity index (χ2n) is 9.85. The molecule has 0 aliphatic rings. The zero-order valence-corrected chi connectivity index (χ0v) is 22.7. The predicted molar refractivity (Wildman–Crippen MR) is 154 cm³/mol. The second-order valence-corrected chi connectivity index (χ2v) is 9.85. The Balaban J connectivity index is 1.85. The van der Waals surface area contributed by atoms with E-state index >= 15 is 0 Å². The molecule has 10 N–H and O–H groups in total. The van der Waals surface area contributed by atoms with Gasteiger partial charge in [-0.3, -0.25) is 14.4 Å². The van der Waals surface area contributed by atoms with Gasteiger partial charge in [-0.1, -0.05) is 55.0 Å². The molecule has 0 saturated heterocycles. The largest absolute Gasteiger partial charge is 0.480 e. The molecule has 41 heavy (non-hydrogen) atoms. The van der Waals surface area contributed by atoms with E-state index in [4.69, 9.17) is 11.5 Å². The highest BCUT2D eigenvalue weighted by Crippen LogP contribution is 2.19. The number of rotatable bonds is 16. The van der Waals surface area contributed by atoms with Crippen molar-refractivity contribution in [3.63, 3.8) is 0 Å². The first kappa shape index (κ1) is 31.3. The summed E-state index contributed by atoms with van der Waals surface area (Å²) in [5.74, 6) is -3.38. The maximum Gasteiger partial charge on any atom is 0.328 e. The van der Waals surface area contributed by atoms with Crippen LogP contribution in [0.3, 0.4) is 0 Å². The van der Waals surface area contributed by atoms with Crippen molar-refractivity contribution in [3.05, 3.63) is 71.9 Å². The Labute approximate surface area is 237 Å². The Morgan fingerprint density at radius 3 is 2.07 bits per heavy atom. The third-order valence-corrected chi connectivity index (χ3v) is 6.75. The fourth-order valence-corrected chi connectivity index (χ4v) is 4.44. The maximum absolute atomic E-state index is 13.6. The lowest BCUT2D eigenvalue weighted by Crippen LogP contribution is -2.58. The number of fused-ring (bicyclic) bond motifs is 1. The number of unbranched alkanes of at least 4 members (excludes halogenated alkanes) is 1. The van der Waals surface area contributed by atoms with Gasteiger partial charge in [-0.25, -0.2) is 4.79 Å². The number of carboxylic acids is 1. The van der Waals surface area contributed by atoms with Gasteiger partial charge in [-0.15, -0.1) is 0 Å². The van der Waals surface area contributed by atoms with Crippen molar-refractivity contribution in [2.75, 3.05) is 13.2 Å². The zero-order valence-electron chi connectivity index (χ0n) is 22.7. The lowest BCUT2D eigenvalue weighted by molar-refractivity contribution is -0.143. The molecule has 3 rings (SSSR count). The van der Waals surface area contributed by atoms with Crippen LogP contribution in [0.5, 0.6) is 0 Å². The number of carbonyl (C=O) groups excluding carboxylic acids is 3. The number of hydrogen-bond acceptors (Lipinski definition) is 7. The SMILES string of the molecule is NCCCCC(N)C(=O)NC(Cc1ccccc1)C(=O)NC(Cc1c[nH]c2ccccc12)C(=O)NC(CO)C(=O)O. The molecule has 0 radical (unpaired) electrons. The number of amides is 3. The fraction of sp³-hybridized carbons (Fsp3) is 0.379. The van der Waals surface area contributed by atoms with Gasteiger partial charge in [0.05, 0.1) is 12.6 Å². The number of nitrogens with one attached hydrogen (secondary N) is 4. The third-order valence-electron chi connectivity index (χ3n) is 6.75. The van der Waals surface area contributed by atoms with E-state index in [1.165, 1.54) is 0 Å². The zero-order chi connectivity index (χ0) is 29.8. The Kier molecular flexibility index (Phi) is 11.8. The van der Waals surface area contributed by atoms with E-state index in [0.29, 0.717) is 31.4 Å². The van der Waals surface area contributed by atoms with Crippen molar-refractivity contribution in [1.82, 2.24) is 20.9 Å². The molecule has 0 aliphatic carbocycles. The number of benzene rings is 2. The molecule has 2 aromatic carbocycles. The van der Waals surface area contributed by atoms with Crippen LogP contribution in [0.25, 0.3) is 10.9 Å². The van der Waals surface area contributed by atoms with Gasteiger partial charge in [0.15, 0.2) is 0 Å². The van der Waals surface area contributed by atoms with E-state index in [1.807, 2.05) is 42.5 Å². The first-order valence-electron chi connectivity index (χ1n) is 13.5. The van der Waals surface area contributed by atoms with Gasteiger partial charge in [0.2, 0.25) is 17.7 Å². The van der Waals surface area contributed by atoms with Crippen molar-refractivity contribution in [2.24, 2.45) is 11.5 Å². The molecule has 1 aromatic heterocycles. The summed E-state index contributed by atoms with van der Waals surface area (Å²) in [5.41, 5.74) is 13.9. The molecule has 3 aromatic rings. The molecule has 0 fully saturated rings. The number of carbonyl (C=O) groups is 4. The summed E-state index contributed by atoms with van der Waals surface area (Å²) in [6, 6.07) is 11.8. The second kappa shape index (κ2) is 15.5. The Morgan fingerprint density at radius 1 is 0.805 bits per heavy atom. The number of aromatic amines is 1. The highest BCUT2D eigenvalue weighted by molar-refractivity contribution is 5.95. The first-order chi connectivity index (χ1) is 19.7. The van der Waals surface area contributed by atoms with Crippen LogP contribution < -0.4 is 27.4 Å². The van der Waals surface area contributed by atoms with Gasteiger partial charge >= 0.3 is 5.97 Å². The summed E-state index contributed by atoms with van der Waals surface area (Å²) in [5, 5.41) is 27.3. The summed E-state index contributed by atoms with van der Waals surface area (Å²) in [6.07, 6.45) is 3.62. The van der Waals surface area contributed by atoms with Crippen LogP contribution in [-0.4, -0.2) is 76.2 Å². The fourth-order valence-electron chi connectivity index (χ4n) is 4.44. The predicted octanol–water partition coefficient (Wildman–Crippen LogP) is -0.0593. The molecule has 4 atom stereocenters. The number of aliphatic hydroxyl groups is 1. The molecule has 0 spiro atoms. The van der Waals surface area contributed by atoms with Gasteiger partial charge in [0, 0.05) is 29.9 Å². The minimum Gasteiger partial charge on any atom is -0.480 e. The summed E-state index contributed by atoms with van der Waals surface area (Å²) >= 11 is 0. The average molecular weight is 567 g/mol. The Bertz CT molecular complexity index is 1310. The number of carboxylic acid groups (broad SMARTS) is 1. The summed E-state index contributed by atoms with van der Waals surface area (Å²) < 4.78 is 0. The van der Waals surface area contributed by atoms with Crippen molar-refractivity contribution in [1.29, 1.82) is 0 Å². The number of H-pyrrole nitrogens is 1. The van der Waals surface area contributed by atoms with Gasteiger partial charge in [-0.05, 0) is 36.6 Å². The van der Waals surface area contributed by atoms with Gasteiger partial charge in [0.25, 0.3) is 0 Å². The van der Waals surface area contributed by atoms with Crippen molar-refractivity contribution < 1.29 is 29.4 Å². The average Bonchev–Trinajstić information content (AvgIpc) is 3.38. The van der Waals surface area contributed by atoms with E-state index in [2.05, 4.69) is 20.9 Å². The van der Waals surface area contributed by atoms with Crippen LogP contribution in [0.2, 0.25) is 0 Å². The van der Waals surface area contributed by atoms with Crippen molar-refractivity contribution in [2.45, 2.75) is 56.3 Å². The first-order valence-corrected chi connectivity index (χ1v) is 13.5. The molecule has 12 nitrogen and oxygen atoms in total. The Hall–Kier alpha value is -4.26. The lowest BCUT2D eigenvalue weighted by atomic mass is 10.0. The topological polar surface area (TPSA) is 213 Å². The van der Waals surface area contributed by atoms with Crippen LogP contribution in [0.15, 0.2) is 60.8 Å². The molecule has 0 saturated carbocycles. The van der Waals surface area contributed by atoms with Crippen LogP contribution in [0, 0.1) is 0 Å². The molecule has 0 bridgehead atoms. The van der Waals surface area contributed by atoms with Gasteiger partial charge < -0.3 is 42.6 Å². The summed E-state index contributed by atoms with van der Waals surface area (Å²) in [4.78, 5) is 54.3. The Morgan fingerprint density at radius 2 is 1.41 bits per heavy atom. The molecule has 4 unspecified atom stereocenters. The number of para-hydroxylation sites is 1. The maximum atomic E-state index is 13.6. The van der Waals surface area contributed by atoms with Crippen molar-refractivity contribution in [3.8, 4) is 0 Å². The molecule has 220 valence electrons. The van der Waals surface area contributed by atoms with Crippen LogP contribution in [0.4, 0.5) is 0 Å². The summed E-state index contributed by atoms with van der Waals surface area (Å²) in [6.45, 7) is -0.351. The van der Waals surface area contributed by atoms with E-state index in [0.717, 1.165) is 16.5 Å². The monoisotopic (exact) mass is 566 g/mol. The standard InChI is InChI=1S/C29H38N6O6/c30-13-7-6-11-21(31)26(37)33-23(14-18-8-2-1-3-9-18)27(38)34-24(28(39)35-25(17-36)29(40)41)15-19-16-32-22-12-5-4-10-20(19)22/h1-5,8-10,12,16,21,23-25,32,36H,6-7,11,13-15,17,30-31H2,(H,33,37)(H,34,38)(H,35,39)(H,40,41). The number of hydrogen-bond donors (Lipinski definition) is 8. The van der Waals surface area contributed by atoms with E-state index in [-0.39, 0.29) is 12.8 Å². The number of aliphatic hydroxyl groups excluding tert-OH is 1. The molecule has 1 heterocycles.